The highest BCUT2D eigenvalue weighted by atomic mass is 35.5. The summed E-state index contributed by atoms with van der Waals surface area (Å²) in [4.78, 5) is 0. The first kappa shape index (κ1) is 12.5. The van der Waals surface area contributed by atoms with E-state index in [1.807, 2.05) is 0 Å². The normalized spacial score (nSPS) is 20.7. The minimum absolute atomic E-state index is 0. The standard InChI is InChI=1S/C13H19N.ClH/c1-11-4-6-12(7-5-11)9-13-3-2-8-14-10-13;/h4-7,13-14H,2-3,8-10H2,1H3;1H/t13-;/m1./s1. The lowest BCUT2D eigenvalue weighted by atomic mass is 9.92. The first-order chi connectivity index (χ1) is 6.84. The number of hydrogen-bond donors (Lipinski definition) is 1. The highest BCUT2D eigenvalue weighted by Gasteiger charge is 2.12. The Bertz CT molecular complexity index is 275. The maximum absolute atomic E-state index is 3.47. The largest absolute Gasteiger partial charge is 0.316 e. The molecule has 0 amide bonds. The van der Waals surface area contributed by atoms with E-state index in [9.17, 15) is 0 Å². The molecule has 2 rings (SSSR count). The van der Waals surface area contributed by atoms with E-state index in [-0.39, 0.29) is 12.4 Å². The van der Waals surface area contributed by atoms with Gasteiger partial charge in [0.1, 0.15) is 0 Å². The molecular formula is C13H20ClN. The molecule has 0 spiro atoms. The molecule has 1 aliphatic rings. The van der Waals surface area contributed by atoms with E-state index < -0.39 is 0 Å². The molecule has 0 saturated carbocycles. The fourth-order valence-electron chi connectivity index (χ4n) is 2.16. The molecule has 0 bridgehead atoms. The zero-order valence-corrected chi connectivity index (χ0v) is 10.1. The molecule has 1 heterocycles. The van der Waals surface area contributed by atoms with Crippen molar-refractivity contribution < 1.29 is 0 Å². The monoisotopic (exact) mass is 225 g/mol. The van der Waals surface area contributed by atoms with Gasteiger partial charge in [0.15, 0.2) is 0 Å². The summed E-state index contributed by atoms with van der Waals surface area (Å²) < 4.78 is 0. The van der Waals surface area contributed by atoms with Crippen LogP contribution in [-0.4, -0.2) is 13.1 Å². The number of aryl methyl sites for hydroxylation is 1. The third-order valence-electron chi connectivity index (χ3n) is 3.04. The topological polar surface area (TPSA) is 12.0 Å². The molecule has 1 atom stereocenters. The van der Waals surface area contributed by atoms with Crippen molar-refractivity contribution >= 4 is 12.4 Å². The molecule has 1 N–H and O–H groups in total. The van der Waals surface area contributed by atoms with Gasteiger partial charge in [-0.05, 0) is 50.8 Å². The molecule has 1 aromatic rings. The van der Waals surface area contributed by atoms with Gasteiger partial charge in [0.2, 0.25) is 0 Å². The van der Waals surface area contributed by atoms with Gasteiger partial charge in [-0.1, -0.05) is 29.8 Å². The third kappa shape index (κ3) is 3.84. The predicted octanol–water partition coefficient (Wildman–Crippen LogP) is 2.96. The van der Waals surface area contributed by atoms with Crippen molar-refractivity contribution in [2.45, 2.75) is 26.2 Å². The Balaban J connectivity index is 0.00000112. The smallest absolute Gasteiger partial charge is 0.00173 e. The van der Waals surface area contributed by atoms with Crippen molar-refractivity contribution in [2.75, 3.05) is 13.1 Å². The number of nitrogens with one attached hydrogen (secondary N) is 1. The molecule has 1 nitrogen and oxygen atoms in total. The Morgan fingerprint density at radius 2 is 2.00 bits per heavy atom. The molecule has 1 aliphatic heterocycles. The maximum atomic E-state index is 3.47. The van der Waals surface area contributed by atoms with Gasteiger partial charge in [-0.25, -0.2) is 0 Å². The SMILES string of the molecule is Cc1ccc(C[C@H]2CCCNC2)cc1.Cl. The Hall–Kier alpha value is -0.530. The molecule has 0 aromatic heterocycles. The molecule has 0 aliphatic carbocycles. The summed E-state index contributed by atoms with van der Waals surface area (Å²) in [5.74, 6) is 0.853. The van der Waals surface area contributed by atoms with Crippen LogP contribution in [0.15, 0.2) is 24.3 Å². The Kier molecular flexibility index (Phi) is 5.13. The van der Waals surface area contributed by atoms with Gasteiger partial charge < -0.3 is 5.32 Å². The van der Waals surface area contributed by atoms with Crippen LogP contribution in [0.5, 0.6) is 0 Å². The lowest BCUT2D eigenvalue weighted by molar-refractivity contribution is 0.376. The van der Waals surface area contributed by atoms with Gasteiger partial charge in [0.25, 0.3) is 0 Å². The predicted molar refractivity (Wildman–Crippen MR) is 67.7 cm³/mol. The molecule has 1 saturated heterocycles. The van der Waals surface area contributed by atoms with Crippen LogP contribution in [0, 0.1) is 12.8 Å². The van der Waals surface area contributed by atoms with E-state index in [0.29, 0.717) is 0 Å². The molecule has 84 valence electrons. The molecule has 15 heavy (non-hydrogen) atoms. The number of benzene rings is 1. The van der Waals surface area contributed by atoms with E-state index in [0.717, 1.165) is 5.92 Å². The molecule has 0 radical (unpaired) electrons. The first-order valence-corrected chi connectivity index (χ1v) is 5.61. The second kappa shape index (κ2) is 6.14. The Labute approximate surface area is 98.7 Å². The second-order valence-corrected chi connectivity index (χ2v) is 4.40. The van der Waals surface area contributed by atoms with Gasteiger partial charge in [0.05, 0.1) is 0 Å². The minimum Gasteiger partial charge on any atom is -0.316 e. The van der Waals surface area contributed by atoms with Gasteiger partial charge in [-0.15, -0.1) is 12.4 Å². The fourth-order valence-corrected chi connectivity index (χ4v) is 2.16. The van der Waals surface area contributed by atoms with Crippen LogP contribution in [0.2, 0.25) is 0 Å². The summed E-state index contributed by atoms with van der Waals surface area (Å²) in [6.07, 6.45) is 3.98. The molecule has 1 fully saturated rings. The molecule has 2 heteroatoms. The van der Waals surface area contributed by atoms with Gasteiger partial charge >= 0.3 is 0 Å². The van der Waals surface area contributed by atoms with E-state index in [1.54, 1.807) is 0 Å². The zero-order valence-electron chi connectivity index (χ0n) is 9.33. The summed E-state index contributed by atoms with van der Waals surface area (Å²) in [7, 11) is 0. The number of halogens is 1. The average Bonchev–Trinajstić information content (AvgIpc) is 2.23. The lowest BCUT2D eigenvalue weighted by Crippen LogP contribution is -2.30. The average molecular weight is 226 g/mol. The quantitative estimate of drug-likeness (QED) is 0.816. The highest BCUT2D eigenvalue weighted by Crippen LogP contribution is 2.16. The van der Waals surface area contributed by atoms with Crippen LogP contribution < -0.4 is 5.32 Å². The van der Waals surface area contributed by atoms with Crippen LogP contribution in [0.4, 0.5) is 0 Å². The van der Waals surface area contributed by atoms with Crippen molar-refractivity contribution in [3.63, 3.8) is 0 Å². The van der Waals surface area contributed by atoms with Crippen LogP contribution in [0.1, 0.15) is 24.0 Å². The summed E-state index contributed by atoms with van der Waals surface area (Å²) >= 11 is 0. The van der Waals surface area contributed by atoms with Gasteiger partial charge in [0, 0.05) is 0 Å². The van der Waals surface area contributed by atoms with Crippen LogP contribution in [0.3, 0.4) is 0 Å². The summed E-state index contributed by atoms with van der Waals surface area (Å²) in [5, 5.41) is 3.47. The number of hydrogen-bond acceptors (Lipinski definition) is 1. The maximum Gasteiger partial charge on any atom is -0.00173 e. The van der Waals surface area contributed by atoms with Crippen molar-refractivity contribution in [3.8, 4) is 0 Å². The second-order valence-electron chi connectivity index (χ2n) is 4.40. The zero-order chi connectivity index (χ0) is 9.80. The van der Waals surface area contributed by atoms with Gasteiger partial charge in [-0.3, -0.25) is 0 Å². The minimum atomic E-state index is 0. The molecular weight excluding hydrogens is 206 g/mol. The Morgan fingerprint density at radius 3 is 2.60 bits per heavy atom. The Morgan fingerprint density at radius 1 is 1.27 bits per heavy atom. The highest BCUT2D eigenvalue weighted by molar-refractivity contribution is 5.85. The molecule has 1 aromatic carbocycles. The van der Waals surface area contributed by atoms with E-state index in [2.05, 4.69) is 36.5 Å². The van der Waals surface area contributed by atoms with Crippen LogP contribution in [0.25, 0.3) is 0 Å². The van der Waals surface area contributed by atoms with Crippen LogP contribution in [-0.2, 0) is 6.42 Å². The fraction of sp³-hybridized carbons (Fsp3) is 0.538. The summed E-state index contributed by atoms with van der Waals surface area (Å²) in [5.41, 5.74) is 2.85. The van der Waals surface area contributed by atoms with Crippen molar-refractivity contribution in [2.24, 2.45) is 5.92 Å². The van der Waals surface area contributed by atoms with Crippen molar-refractivity contribution in [1.29, 1.82) is 0 Å². The first-order valence-electron chi connectivity index (χ1n) is 5.61. The summed E-state index contributed by atoms with van der Waals surface area (Å²) in [6.45, 7) is 4.56. The van der Waals surface area contributed by atoms with Crippen LogP contribution >= 0.6 is 12.4 Å². The van der Waals surface area contributed by atoms with Crippen molar-refractivity contribution in [3.05, 3.63) is 35.4 Å². The molecule has 0 unspecified atom stereocenters. The van der Waals surface area contributed by atoms with Crippen molar-refractivity contribution in [1.82, 2.24) is 5.32 Å². The third-order valence-corrected chi connectivity index (χ3v) is 3.04. The number of piperidine rings is 1. The van der Waals surface area contributed by atoms with E-state index in [4.69, 9.17) is 0 Å². The van der Waals surface area contributed by atoms with Gasteiger partial charge in [-0.2, -0.15) is 0 Å². The van der Waals surface area contributed by atoms with E-state index in [1.165, 1.54) is 43.5 Å². The lowest BCUT2D eigenvalue weighted by Gasteiger charge is -2.22. The summed E-state index contributed by atoms with van der Waals surface area (Å²) in [6, 6.07) is 8.96. The van der Waals surface area contributed by atoms with E-state index >= 15 is 0 Å². The number of rotatable bonds is 2.